The van der Waals surface area contributed by atoms with Crippen molar-refractivity contribution in [1.82, 2.24) is 19.8 Å². The van der Waals surface area contributed by atoms with Gasteiger partial charge in [0.15, 0.2) is 0 Å². The lowest BCUT2D eigenvalue weighted by Crippen LogP contribution is -2.49. The summed E-state index contributed by atoms with van der Waals surface area (Å²) < 4.78 is 0. The van der Waals surface area contributed by atoms with Crippen molar-refractivity contribution in [2.24, 2.45) is 0 Å². The number of likely N-dealkylation sites (N-methyl/N-ethyl adjacent to an activating group) is 1. The smallest absolute Gasteiger partial charge is 0.325 e. The van der Waals surface area contributed by atoms with Gasteiger partial charge in [-0.2, -0.15) is 0 Å². The van der Waals surface area contributed by atoms with Crippen molar-refractivity contribution >= 4 is 48.4 Å². The van der Waals surface area contributed by atoms with Gasteiger partial charge >= 0.3 is 6.03 Å². The Morgan fingerprint density at radius 1 is 0.875 bits per heavy atom. The van der Waals surface area contributed by atoms with Gasteiger partial charge in [0.25, 0.3) is 5.91 Å². The third kappa shape index (κ3) is 4.91. The van der Waals surface area contributed by atoms with Crippen molar-refractivity contribution in [2.45, 2.75) is 20.8 Å². The molecule has 2 aromatic rings. The number of pyridine rings is 2. The summed E-state index contributed by atoms with van der Waals surface area (Å²) in [4.78, 5) is 41.7. The Morgan fingerprint density at radius 3 is 2.12 bits per heavy atom. The molecule has 0 bridgehead atoms. The Labute approximate surface area is 201 Å². The van der Waals surface area contributed by atoms with Crippen LogP contribution in [0.3, 0.4) is 0 Å². The minimum Gasteiger partial charge on any atom is -0.353 e. The fraction of sp³-hybridized carbons (Fsp3) is 0.455. The number of piperazine rings is 1. The molecule has 2 saturated heterocycles. The summed E-state index contributed by atoms with van der Waals surface area (Å²) in [5.41, 5.74) is 3.74. The van der Waals surface area contributed by atoms with Gasteiger partial charge in [-0.05, 0) is 43.5 Å². The monoisotopic (exact) mass is 480 g/mol. The molecular weight excluding hydrogens is 451 g/mol. The zero-order valence-electron chi connectivity index (χ0n) is 18.9. The molecule has 2 aliphatic heterocycles. The van der Waals surface area contributed by atoms with Gasteiger partial charge in [0.05, 0.1) is 5.56 Å². The van der Waals surface area contributed by atoms with Crippen molar-refractivity contribution in [2.75, 3.05) is 56.1 Å². The first-order chi connectivity index (χ1) is 14.3. The molecule has 2 fully saturated rings. The third-order valence-electron chi connectivity index (χ3n) is 5.87. The summed E-state index contributed by atoms with van der Waals surface area (Å²) >= 11 is 0. The summed E-state index contributed by atoms with van der Waals surface area (Å²) in [6, 6.07) is 3.91. The predicted octanol–water partition coefficient (Wildman–Crippen LogP) is 3.08. The fourth-order valence-electron chi connectivity index (χ4n) is 4.10. The normalized spacial score (nSPS) is 16.1. The molecule has 3 amide bonds. The van der Waals surface area contributed by atoms with Gasteiger partial charge in [0, 0.05) is 58.7 Å². The average Bonchev–Trinajstić information content (AvgIpc) is 3.06. The first kappa shape index (κ1) is 25.7. The van der Waals surface area contributed by atoms with E-state index in [1.54, 1.807) is 23.0 Å². The number of halogens is 2. The van der Waals surface area contributed by atoms with E-state index in [2.05, 4.69) is 27.9 Å². The predicted molar refractivity (Wildman–Crippen MR) is 131 cm³/mol. The van der Waals surface area contributed by atoms with E-state index in [9.17, 15) is 9.59 Å². The number of aromatic nitrogens is 2. The van der Waals surface area contributed by atoms with Crippen molar-refractivity contribution in [1.29, 1.82) is 0 Å². The molecule has 32 heavy (non-hydrogen) atoms. The molecule has 8 nitrogen and oxygen atoms in total. The highest BCUT2D eigenvalue weighted by Crippen LogP contribution is 2.23. The van der Waals surface area contributed by atoms with Gasteiger partial charge in [-0.1, -0.05) is 6.07 Å². The molecular formula is C22H30Cl2N6O2. The Morgan fingerprint density at radius 2 is 1.56 bits per heavy atom. The van der Waals surface area contributed by atoms with Crippen molar-refractivity contribution in [3.8, 4) is 0 Å². The molecule has 0 saturated carbocycles. The molecule has 0 unspecified atom stereocenters. The van der Waals surface area contributed by atoms with E-state index in [4.69, 9.17) is 0 Å². The Bertz CT molecular complexity index is 994. The highest BCUT2D eigenvalue weighted by molar-refractivity contribution is 5.97. The molecule has 4 rings (SSSR count). The van der Waals surface area contributed by atoms with Crippen LogP contribution in [0.5, 0.6) is 0 Å². The van der Waals surface area contributed by atoms with E-state index in [0.29, 0.717) is 37.6 Å². The van der Waals surface area contributed by atoms with Crippen LogP contribution in [-0.4, -0.2) is 78.0 Å². The number of urea groups is 1. The Balaban J connectivity index is 0.00000181. The van der Waals surface area contributed by atoms with Crippen LogP contribution < -0.4 is 9.80 Å². The highest BCUT2D eigenvalue weighted by Gasteiger charge is 2.29. The molecule has 0 aliphatic carbocycles. The molecule has 2 aliphatic rings. The molecule has 4 heterocycles. The van der Waals surface area contributed by atoms with Gasteiger partial charge in [-0.15, -0.1) is 24.8 Å². The lowest BCUT2D eigenvalue weighted by Gasteiger charge is -2.36. The number of rotatable bonds is 3. The minimum atomic E-state index is -0.0582. The Kier molecular flexibility index (Phi) is 8.31. The van der Waals surface area contributed by atoms with Gasteiger partial charge < -0.3 is 14.7 Å². The van der Waals surface area contributed by atoms with Crippen molar-refractivity contribution in [3.63, 3.8) is 0 Å². The maximum atomic E-state index is 13.1. The van der Waals surface area contributed by atoms with Crippen molar-refractivity contribution < 1.29 is 9.59 Å². The van der Waals surface area contributed by atoms with Crippen LogP contribution in [0.25, 0.3) is 0 Å². The SMILES string of the molecule is Cc1cnc(N2CCN(C(=O)c3cnc(N4CCN(C)C4=O)cc3C)CC2)c(C)c1.Cl.Cl. The summed E-state index contributed by atoms with van der Waals surface area (Å²) in [5.74, 6) is 1.59. The number of amides is 3. The second kappa shape index (κ2) is 10.4. The quantitative estimate of drug-likeness (QED) is 0.674. The van der Waals surface area contributed by atoms with E-state index >= 15 is 0 Å². The number of aryl methyl sites for hydroxylation is 3. The molecule has 0 radical (unpaired) electrons. The van der Waals surface area contributed by atoms with E-state index in [0.717, 1.165) is 35.6 Å². The lowest BCUT2D eigenvalue weighted by atomic mass is 10.1. The number of carbonyl (C=O) groups is 2. The number of hydrogen-bond acceptors (Lipinski definition) is 5. The molecule has 174 valence electrons. The summed E-state index contributed by atoms with van der Waals surface area (Å²) in [6.45, 7) is 10.1. The van der Waals surface area contributed by atoms with E-state index < -0.39 is 0 Å². The summed E-state index contributed by atoms with van der Waals surface area (Å²) in [5, 5.41) is 0. The summed E-state index contributed by atoms with van der Waals surface area (Å²) in [7, 11) is 1.78. The zero-order valence-corrected chi connectivity index (χ0v) is 20.5. The fourth-order valence-corrected chi connectivity index (χ4v) is 4.10. The Hall–Kier alpha value is -2.58. The largest absolute Gasteiger partial charge is 0.353 e. The van der Waals surface area contributed by atoms with E-state index in [-0.39, 0.29) is 36.8 Å². The van der Waals surface area contributed by atoms with Crippen LogP contribution in [0.4, 0.5) is 16.4 Å². The van der Waals surface area contributed by atoms with Crippen LogP contribution in [-0.2, 0) is 0 Å². The van der Waals surface area contributed by atoms with Gasteiger partial charge in [0.1, 0.15) is 11.6 Å². The van der Waals surface area contributed by atoms with Crippen LogP contribution in [0.2, 0.25) is 0 Å². The van der Waals surface area contributed by atoms with Crippen LogP contribution >= 0.6 is 24.8 Å². The maximum Gasteiger partial charge on any atom is 0.325 e. The minimum absolute atomic E-state index is 0. The molecule has 10 heteroatoms. The van der Waals surface area contributed by atoms with Crippen LogP contribution in [0.1, 0.15) is 27.0 Å². The maximum absolute atomic E-state index is 13.1. The lowest BCUT2D eigenvalue weighted by molar-refractivity contribution is 0.0745. The van der Waals surface area contributed by atoms with Gasteiger partial charge in [0.2, 0.25) is 0 Å². The number of hydrogen-bond donors (Lipinski definition) is 0. The second-order valence-corrected chi connectivity index (χ2v) is 8.15. The average molecular weight is 481 g/mol. The van der Waals surface area contributed by atoms with Gasteiger partial charge in [-0.25, -0.2) is 14.8 Å². The highest BCUT2D eigenvalue weighted by atomic mass is 35.5. The molecule has 0 atom stereocenters. The topological polar surface area (TPSA) is 72.9 Å². The van der Waals surface area contributed by atoms with Gasteiger partial charge in [-0.3, -0.25) is 9.69 Å². The van der Waals surface area contributed by atoms with Crippen molar-refractivity contribution in [3.05, 3.63) is 46.8 Å². The second-order valence-electron chi connectivity index (χ2n) is 8.15. The van der Waals surface area contributed by atoms with Crippen LogP contribution in [0.15, 0.2) is 24.5 Å². The third-order valence-corrected chi connectivity index (χ3v) is 5.87. The first-order valence-corrected chi connectivity index (χ1v) is 10.3. The molecule has 0 spiro atoms. The van der Waals surface area contributed by atoms with Crippen LogP contribution in [0, 0.1) is 20.8 Å². The molecule has 0 N–H and O–H groups in total. The number of anilines is 2. The standard InChI is InChI=1S/C22H28N6O2.2ClH/c1-15-11-17(3)20(24-13-15)26-6-8-27(9-7-26)21(29)18-14-23-19(12-16(18)2)28-10-5-25(4)22(28)30;;/h11-14H,5-10H2,1-4H3;2*1H. The van der Waals surface area contributed by atoms with E-state index in [1.807, 2.05) is 31.0 Å². The van der Waals surface area contributed by atoms with E-state index in [1.165, 1.54) is 0 Å². The number of nitrogens with zero attached hydrogens (tertiary/aromatic N) is 6. The number of carbonyl (C=O) groups excluding carboxylic acids is 2. The summed E-state index contributed by atoms with van der Waals surface area (Å²) in [6.07, 6.45) is 3.50. The zero-order chi connectivity index (χ0) is 21.4. The molecule has 2 aromatic heterocycles. The first-order valence-electron chi connectivity index (χ1n) is 10.3. The molecule has 0 aromatic carbocycles.